The van der Waals surface area contributed by atoms with Gasteiger partial charge in [0.1, 0.15) is 5.69 Å². The zero-order valence-corrected chi connectivity index (χ0v) is 15.1. The molecule has 3 rings (SSSR count). The number of aromatic nitrogens is 2. The van der Waals surface area contributed by atoms with E-state index in [1.807, 2.05) is 0 Å². The fourth-order valence-corrected chi connectivity index (χ4v) is 2.54. The molecule has 0 spiro atoms. The van der Waals surface area contributed by atoms with Crippen LogP contribution in [0, 0.1) is 10.1 Å². The van der Waals surface area contributed by atoms with Crippen LogP contribution in [0.3, 0.4) is 0 Å². The number of benzene rings is 2. The van der Waals surface area contributed by atoms with Crippen LogP contribution >= 0.6 is 23.8 Å². The van der Waals surface area contributed by atoms with Crippen molar-refractivity contribution in [3.8, 4) is 17.1 Å². The smallest absolute Gasteiger partial charge is 0.269 e. The van der Waals surface area contributed by atoms with Crippen molar-refractivity contribution in [1.29, 1.82) is 0 Å². The average molecular weight is 403 g/mol. The topological polar surface area (TPSA) is 132 Å². The molecule has 1 heterocycles. The van der Waals surface area contributed by atoms with Crippen LogP contribution in [0.15, 0.2) is 58.8 Å². The van der Waals surface area contributed by atoms with Gasteiger partial charge in [-0.3, -0.25) is 10.1 Å². The summed E-state index contributed by atoms with van der Waals surface area (Å²) in [6.45, 7) is 0. The molecular formula is C16H11ClN6O3S. The minimum atomic E-state index is -0.519. The maximum Gasteiger partial charge on any atom is 0.269 e. The molecule has 0 amide bonds. The predicted octanol–water partition coefficient (Wildman–Crippen LogP) is 4.32. The van der Waals surface area contributed by atoms with Crippen molar-refractivity contribution in [2.24, 2.45) is 16.0 Å². The number of nitrogens with zero attached hydrogens (tertiary/aromatic N) is 5. The number of hydrogen-bond acceptors (Lipinski definition) is 7. The third-order valence-electron chi connectivity index (χ3n) is 3.47. The summed E-state index contributed by atoms with van der Waals surface area (Å²) in [5, 5.41) is 33.7. The van der Waals surface area contributed by atoms with Gasteiger partial charge in [0.2, 0.25) is 5.88 Å². The van der Waals surface area contributed by atoms with Crippen LogP contribution in [0.1, 0.15) is 0 Å². The summed E-state index contributed by atoms with van der Waals surface area (Å²) >= 11 is 10.8. The highest BCUT2D eigenvalue weighted by atomic mass is 35.5. The molecule has 1 aromatic heterocycles. The molecule has 0 radical (unpaired) electrons. The van der Waals surface area contributed by atoms with Crippen molar-refractivity contribution in [3.63, 3.8) is 0 Å². The Morgan fingerprint density at radius 1 is 1.26 bits per heavy atom. The molecule has 2 aromatic carbocycles. The Hall–Kier alpha value is -3.37. The Morgan fingerprint density at radius 3 is 2.56 bits per heavy atom. The molecule has 0 aliphatic rings. The van der Waals surface area contributed by atoms with E-state index in [9.17, 15) is 15.2 Å². The second-order valence-electron chi connectivity index (χ2n) is 5.25. The van der Waals surface area contributed by atoms with Gasteiger partial charge in [-0.2, -0.15) is 14.9 Å². The van der Waals surface area contributed by atoms with Gasteiger partial charge in [-0.25, -0.2) is 0 Å². The summed E-state index contributed by atoms with van der Waals surface area (Å²) in [5.41, 5.74) is 6.62. The van der Waals surface area contributed by atoms with Gasteiger partial charge in [0.05, 0.1) is 10.6 Å². The highest BCUT2D eigenvalue weighted by molar-refractivity contribution is 7.80. The first-order valence-corrected chi connectivity index (χ1v) is 8.19. The van der Waals surface area contributed by atoms with Gasteiger partial charge in [-0.1, -0.05) is 17.7 Å². The lowest BCUT2D eigenvalue weighted by Gasteiger charge is -1.98. The number of rotatable bonds is 4. The number of halogens is 1. The van der Waals surface area contributed by atoms with Crippen molar-refractivity contribution in [3.05, 3.63) is 63.7 Å². The highest BCUT2D eigenvalue weighted by Gasteiger charge is 2.21. The van der Waals surface area contributed by atoms with Gasteiger partial charge >= 0.3 is 0 Å². The third kappa shape index (κ3) is 3.91. The van der Waals surface area contributed by atoms with Crippen LogP contribution in [-0.4, -0.2) is 24.9 Å². The molecule has 3 N–H and O–H groups in total. The molecule has 0 fully saturated rings. The van der Waals surface area contributed by atoms with Crippen LogP contribution in [-0.2, 0) is 0 Å². The molecule has 136 valence electrons. The van der Waals surface area contributed by atoms with Gasteiger partial charge in [0, 0.05) is 22.7 Å². The fourth-order valence-electron chi connectivity index (χ4n) is 2.23. The van der Waals surface area contributed by atoms with Crippen LogP contribution in [0.4, 0.5) is 17.1 Å². The van der Waals surface area contributed by atoms with Gasteiger partial charge in [-0.15, -0.1) is 5.11 Å². The summed E-state index contributed by atoms with van der Waals surface area (Å²) in [6.07, 6.45) is 0. The van der Waals surface area contributed by atoms with Crippen molar-refractivity contribution in [1.82, 2.24) is 9.78 Å². The highest BCUT2D eigenvalue weighted by Crippen LogP contribution is 2.38. The van der Waals surface area contributed by atoms with E-state index in [4.69, 9.17) is 29.6 Å². The molecule has 0 saturated heterocycles. The minimum absolute atomic E-state index is 0.0108. The van der Waals surface area contributed by atoms with Crippen LogP contribution in [0.25, 0.3) is 11.3 Å². The molecule has 0 unspecified atom stereocenters. The van der Waals surface area contributed by atoms with Crippen LogP contribution in [0.5, 0.6) is 5.88 Å². The molecule has 27 heavy (non-hydrogen) atoms. The summed E-state index contributed by atoms with van der Waals surface area (Å²) in [7, 11) is 0. The predicted molar refractivity (Wildman–Crippen MR) is 104 cm³/mol. The van der Waals surface area contributed by atoms with Crippen molar-refractivity contribution < 1.29 is 10.0 Å². The Bertz CT molecular complexity index is 1060. The lowest BCUT2D eigenvalue weighted by molar-refractivity contribution is -0.384. The van der Waals surface area contributed by atoms with Crippen molar-refractivity contribution >= 4 is 46.0 Å². The second kappa shape index (κ2) is 7.48. The van der Waals surface area contributed by atoms with Gasteiger partial charge in [0.25, 0.3) is 5.69 Å². The average Bonchev–Trinajstić information content (AvgIpc) is 2.97. The van der Waals surface area contributed by atoms with Crippen molar-refractivity contribution in [2.45, 2.75) is 0 Å². The van der Waals surface area contributed by atoms with Gasteiger partial charge < -0.3 is 10.8 Å². The number of azo groups is 1. The molecule has 11 heteroatoms. The van der Waals surface area contributed by atoms with Gasteiger partial charge in [0.15, 0.2) is 10.8 Å². The number of aromatic hydroxyl groups is 1. The molecule has 3 aromatic rings. The van der Waals surface area contributed by atoms with Crippen LogP contribution < -0.4 is 5.73 Å². The number of nitrogens with two attached hydrogens (primary N) is 1. The Morgan fingerprint density at radius 2 is 1.96 bits per heavy atom. The number of thiocarbonyl (C=S) groups is 1. The zero-order chi connectivity index (χ0) is 19.6. The quantitative estimate of drug-likeness (QED) is 0.289. The summed E-state index contributed by atoms with van der Waals surface area (Å²) in [4.78, 5) is 10.3. The lowest BCUT2D eigenvalue weighted by Crippen LogP contribution is -2.19. The SMILES string of the molecule is NC(=S)n1nc(-c2ccc([N+](=O)[O-])cc2)c(/N=N/c2cccc(Cl)c2)c1O. The monoisotopic (exact) mass is 402 g/mol. The lowest BCUT2D eigenvalue weighted by atomic mass is 10.1. The first-order chi connectivity index (χ1) is 12.9. The summed E-state index contributed by atoms with van der Waals surface area (Å²) in [6, 6.07) is 12.2. The van der Waals surface area contributed by atoms with Crippen molar-refractivity contribution in [2.75, 3.05) is 0 Å². The first-order valence-electron chi connectivity index (χ1n) is 7.40. The van der Waals surface area contributed by atoms with E-state index >= 15 is 0 Å². The second-order valence-corrected chi connectivity index (χ2v) is 6.11. The third-order valence-corrected chi connectivity index (χ3v) is 3.88. The Balaban J connectivity index is 2.09. The number of nitro groups is 1. The number of non-ortho nitro benzene ring substituents is 1. The maximum absolute atomic E-state index is 10.8. The fraction of sp³-hybridized carbons (Fsp3) is 0. The largest absolute Gasteiger partial charge is 0.492 e. The number of hydrogen-bond donors (Lipinski definition) is 2. The minimum Gasteiger partial charge on any atom is -0.492 e. The molecule has 0 aliphatic heterocycles. The molecule has 0 atom stereocenters. The van der Waals surface area contributed by atoms with E-state index in [1.54, 1.807) is 24.3 Å². The molecule has 0 saturated carbocycles. The standard InChI is InChI=1S/C16H11ClN6O3S/c17-10-2-1-3-11(8-10)19-20-14-13(21-22(15(14)24)16(18)27)9-4-6-12(7-5-9)23(25)26/h1-8,24H,(H2,18,27)/b20-19+. The first kappa shape index (κ1) is 18.4. The normalized spacial score (nSPS) is 11.0. The molecule has 0 aliphatic carbocycles. The van der Waals surface area contributed by atoms with E-state index in [1.165, 1.54) is 24.3 Å². The van der Waals surface area contributed by atoms with E-state index in [-0.39, 0.29) is 22.2 Å². The maximum atomic E-state index is 10.8. The van der Waals surface area contributed by atoms with E-state index in [2.05, 4.69) is 15.3 Å². The molecule has 0 bridgehead atoms. The van der Waals surface area contributed by atoms with E-state index in [0.29, 0.717) is 16.3 Å². The number of nitro benzene ring substituents is 1. The Kier molecular flexibility index (Phi) is 5.10. The summed E-state index contributed by atoms with van der Waals surface area (Å²) in [5.74, 6) is -0.401. The van der Waals surface area contributed by atoms with Crippen LogP contribution in [0.2, 0.25) is 5.02 Å². The van der Waals surface area contributed by atoms with E-state index < -0.39 is 10.8 Å². The molecule has 9 nitrogen and oxygen atoms in total. The molecular weight excluding hydrogens is 392 g/mol. The van der Waals surface area contributed by atoms with E-state index in [0.717, 1.165) is 4.68 Å². The Labute approximate surface area is 162 Å². The van der Waals surface area contributed by atoms with Gasteiger partial charge in [-0.05, 0) is 42.5 Å². The summed E-state index contributed by atoms with van der Waals surface area (Å²) < 4.78 is 0.929. The zero-order valence-electron chi connectivity index (χ0n) is 13.5.